The SMILES string of the molecule is COC(=O)c1cc2n(n1)CC(C)(C(=O)NC1CCCCC1)N(c1cccc(F)c1)C2=O. The van der Waals surface area contributed by atoms with Gasteiger partial charge < -0.3 is 10.1 Å². The molecule has 2 aliphatic rings. The largest absolute Gasteiger partial charge is 0.464 e. The van der Waals surface area contributed by atoms with Crippen LogP contribution in [0.15, 0.2) is 30.3 Å². The molecule has 1 atom stereocenters. The van der Waals surface area contributed by atoms with Crippen LogP contribution in [-0.2, 0) is 16.1 Å². The predicted molar refractivity (Wildman–Crippen MR) is 110 cm³/mol. The van der Waals surface area contributed by atoms with Gasteiger partial charge in [-0.15, -0.1) is 0 Å². The number of anilines is 1. The number of methoxy groups -OCH3 is 1. The fraction of sp³-hybridized carbons (Fsp3) is 0.455. The van der Waals surface area contributed by atoms with Crippen molar-refractivity contribution in [1.29, 1.82) is 0 Å². The van der Waals surface area contributed by atoms with Crippen molar-refractivity contribution in [2.45, 2.75) is 57.2 Å². The lowest BCUT2D eigenvalue weighted by Gasteiger charge is -2.44. The quantitative estimate of drug-likeness (QED) is 0.756. The van der Waals surface area contributed by atoms with E-state index in [2.05, 4.69) is 10.4 Å². The fourth-order valence-corrected chi connectivity index (χ4v) is 4.39. The van der Waals surface area contributed by atoms with Crippen LogP contribution in [-0.4, -0.2) is 46.3 Å². The van der Waals surface area contributed by atoms with E-state index < -0.39 is 23.2 Å². The van der Waals surface area contributed by atoms with Crippen LogP contribution in [0, 0.1) is 5.82 Å². The lowest BCUT2D eigenvalue weighted by molar-refractivity contribution is -0.127. The predicted octanol–water partition coefficient (Wildman–Crippen LogP) is 2.68. The van der Waals surface area contributed by atoms with E-state index in [-0.39, 0.29) is 35.6 Å². The summed E-state index contributed by atoms with van der Waals surface area (Å²) in [5.74, 6) is -2.08. The number of fused-ring (bicyclic) bond motifs is 1. The van der Waals surface area contributed by atoms with Crippen molar-refractivity contribution < 1.29 is 23.5 Å². The first-order valence-corrected chi connectivity index (χ1v) is 10.4. The van der Waals surface area contributed by atoms with E-state index >= 15 is 0 Å². The van der Waals surface area contributed by atoms with Crippen molar-refractivity contribution >= 4 is 23.5 Å². The molecule has 1 N–H and O–H groups in total. The molecule has 31 heavy (non-hydrogen) atoms. The standard InChI is InChI=1S/C22H25FN4O4/c1-22(21(30)24-15-8-4-3-5-9-15)13-26-18(12-17(25-26)20(29)31-2)19(28)27(22)16-10-6-7-14(23)11-16/h6-7,10-12,15H,3-5,8-9,13H2,1-2H3,(H,24,30). The topological polar surface area (TPSA) is 93.5 Å². The minimum atomic E-state index is -1.37. The lowest BCUT2D eigenvalue weighted by atomic mass is 9.91. The molecule has 2 aromatic rings. The highest BCUT2D eigenvalue weighted by atomic mass is 19.1. The highest BCUT2D eigenvalue weighted by molar-refractivity contribution is 6.12. The second-order valence-electron chi connectivity index (χ2n) is 8.27. The van der Waals surface area contributed by atoms with Crippen LogP contribution in [0.4, 0.5) is 10.1 Å². The van der Waals surface area contributed by atoms with E-state index in [0.29, 0.717) is 0 Å². The molecular weight excluding hydrogens is 403 g/mol. The molecule has 1 aromatic carbocycles. The maximum atomic E-state index is 14.0. The van der Waals surface area contributed by atoms with Gasteiger partial charge in [0.2, 0.25) is 5.91 Å². The number of ether oxygens (including phenoxy) is 1. The molecule has 0 saturated heterocycles. The van der Waals surface area contributed by atoms with Crippen LogP contribution in [0.1, 0.15) is 60.0 Å². The van der Waals surface area contributed by atoms with Gasteiger partial charge in [0.05, 0.1) is 13.7 Å². The van der Waals surface area contributed by atoms with Crippen LogP contribution in [0.5, 0.6) is 0 Å². The Kier molecular flexibility index (Phi) is 5.51. The molecule has 0 bridgehead atoms. The smallest absolute Gasteiger partial charge is 0.358 e. The zero-order chi connectivity index (χ0) is 22.2. The molecule has 2 amide bonds. The zero-order valence-corrected chi connectivity index (χ0v) is 17.6. The van der Waals surface area contributed by atoms with Gasteiger partial charge in [0.1, 0.15) is 17.1 Å². The first kappa shape index (κ1) is 21.0. The van der Waals surface area contributed by atoms with Crippen molar-refractivity contribution in [2.24, 2.45) is 0 Å². The number of amides is 2. The molecule has 8 nitrogen and oxygen atoms in total. The molecule has 4 rings (SSSR count). The Bertz CT molecular complexity index is 1030. The number of carbonyl (C=O) groups excluding carboxylic acids is 3. The Morgan fingerprint density at radius 3 is 2.65 bits per heavy atom. The van der Waals surface area contributed by atoms with Crippen LogP contribution in [0.25, 0.3) is 0 Å². The van der Waals surface area contributed by atoms with Crippen molar-refractivity contribution in [1.82, 2.24) is 15.1 Å². The van der Waals surface area contributed by atoms with Gasteiger partial charge in [0.15, 0.2) is 5.69 Å². The molecule has 1 aliphatic carbocycles. The van der Waals surface area contributed by atoms with Gasteiger partial charge in [-0.25, -0.2) is 9.18 Å². The number of esters is 1. The number of hydrogen-bond acceptors (Lipinski definition) is 5. The molecular formula is C22H25FN4O4. The molecule has 0 radical (unpaired) electrons. The second kappa shape index (κ2) is 8.13. The molecule has 1 aromatic heterocycles. The highest BCUT2D eigenvalue weighted by Crippen LogP contribution is 2.33. The van der Waals surface area contributed by atoms with Crippen molar-refractivity contribution in [3.63, 3.8) is 0 Å². The Balaban J connectivity index is 1.76. The van der Waals surface area contributed by atoms with Crippen LogP contribution >= 0.6 is 0 Å². The monoisotopic (exact) mass is 428 g/mol. The molecule has 164 valence electrons. The highest BCUT2D eigenvalue weighted by Gasteiger charge is 2.49. The molecule has 9 heteroatoms. The Morgan fingerprint density at radius 1 is 1.23 bits per heavy atom. The number of halogens is 1. The maximum absolute atomic E-state index is 14.0. The summed E-state index contributed by atoms with van der Waals surface area (Å²) in [6, 6.07) is 6.93. The third kappa shape index (κ3) is 3.80. The number of nitrogens with one attached hydrogen (secondary N) is 1. The first-order chi connectivity index (χ1) is 14.8. The minimum absolute atomic E-state index is 0.0140. The van der Waals surface area contributed by atoms with Gasteiger partial charge in [0, 0.05) is 17.8 Å². The molecule has 2 heterocycles. The first-order valence-electron chi connectivity index (χ1n) is 10.4. The number of carbonyl (C=O) groups is 3. The second-order valence-corrected chi connectivity index (χ2v) is 8.27. The average molecular weight is 428 g/mol. The molecule has 1 unspecified atom stereocenters. The molecule has 0 spiro atoms. The van der Waals surface area contributed by atoms with Crippen LogP contribution in [0.3, 0.4) is 0 Å². The van der Waals surface area contributed by atoms with E-state index in [0.717, 1.165) is 32.1 Å². The average Bonchev–Trinajstić information content (AvgIpc) is 3.18. The summed E-state index contributed by atoms with van der Waals surface area (Å²) < 4.78 is 20.1. The van der Waals surface area contributed by atoms with Crippen LogP contribution in [0.2, 0.25) is 0 Å². The Hall–Kier alpha value is -3.23. The van der Waals surface area contributed by atoms with E-state index in [9.17, 15) is 18.8 Å². The van der Waals surface area contributed by atoms with Crippen LogP contribution < -0.4 is 10.2 Å². The molecule has 1 aliphatic heterocycles. The van der Waals surface area contributed by atoms with Gasteiger partial charge >= 0.3 is 5.97 Å². The zero-order valence-electron chi connectivity index (χ0n) is 17.6. The summed E-state index contributed by atoms with van der Waals surface area (Å²) in [6.07, 6.45) is 5.00. The summed E-state index contributed by atoms with van der Waals surface area (Å²) in [4.78, 5) is 40.2. The summed E-state index contributed by atoms with van der Waals surface area (Å²) in [7, 11) is 1.23. The summed E-state index contributed by atoms with van der Waals surface area (Å²) in [6.45, 7) is 1.65. The normalized spacial score (nSPS) is 21.5. The third-order valence-corrected chi connectivity index (χ3v) is 6.04. The minimum Gasteiger partial charge on any atom is -0.464 e. The van der Waals surface area contributed by atoms with Gasteiger partial charge in [-0.3, -0.25) is 19.2 Å². The third-order valence-electron chi connectivity index (χ3n) is 6.04. The number of rotatable bonds is 4. The summed E-state index contributed by atoms with van der Waals surface area (Å²) in [5, 5.41) is 7.26. The Labute approximate surface area is 179 Å². The van der Waals surface area contributed by atoms with E-state index in [1.807, 2.05) is 0 Å². The van der Waals surface area contributed by atoms with Crippen molar-refractivity contribution in [2.75, 3.05) is 12.0 Å². The van der Waals surface area contributed by atoms with Gasteiger partial charge in [-0.2, -0.15) is 5.10 Å². The summed E-state index contributed by atoms with van der Waals surface area (Å²) >= 11 is 0. The van der Waals surface area contributed by atoms with Crippen molar-refractivity contribution in [3.05, 3.63) is 47.5 Å². The van der Waals surface area contributed by atoms with E-state index in [4.69, 9.17) is 4.74 Å². The van der Waals surface area contributed by atoms with Crippen molar-refractivity contribution in [3.8, 4) is 0 Å². The van der Waals surface area contributed by atoms with Gasteiger partial charge in [-0.1, -0.05) is 25.3 Å². The van der Waals surface area contributed by atoms with Gasteiger partial charge in [-0.05, 0) is 38.0 Å². The number of nitrogens with zero attached hydrogens (tertiary/aromatic N) is 3. The Morgan fingerprint density at radius 2 is 1.97 bits per heavy atom. The molecule has 1 fully saturated rings. The fourth-order valence-electron chi connectivity index (χ4n) is 4.39. The van der Waals surface area contributed by atoms with Gasteiger partial charge in [0.25, 0.3) is 5.91 Å². The molecule has 1 saturated carbocycles. The number of hydrogen-bond donors (Lipinski definition) is 1. The lowest BCUT2D eigenvalue weighted by Crippen LogP contribution is -2.65. The van der Waals surface area contributed by atoms with E-state index in [1.165, 1.54) is 41.0 Å². The maximum Gasteiger partial charge on any atom is 0.358 e. The number of benzene rings is 1. The van der Waals surface area contributed by atoms with E-state index in [1.54, 1.807) is 13.0 Å². The number of aromatic nitrogens is 2. The summed E-state index contributed by atoms with van der Waals surface area (Å²) in [5.41, 5.74) is -0.998.